The summed E-state index contributed by atoms with van der Waals surface area (Å²) in [5, 5.41) is 15.4. The Balaban J connectivity index is 1.54. The molecule has 0 bridgehead atoms. The lowest BCUT2D eigenvalue weighted by molar-refractivity contribution is -0.146. The molecule has 3 N–H and O–H groups in total. The molecule has 1 aromatic heterocycles. The van der Waals surface area contributed by atoms with E-state index in [1.807, 2.05) is 43.5 Å². The Morgan fingerprint density at radius 3 is 2.44 bits per heavy atom. The van der Waals surface area contributed by atoms with Gasteiger partial charge in [0.2, 0.25) is 11.8 Å². The number of likely N-dealkylation sites (tertiary alicyclic amines) is 1. The van der Waals surface area contributed by atoms with E-state index >= 15 is 0 Å². The van der Waals surface area contributed by atoms with Crippen molar-refractivity contribution < 1.29 is 19.1 Å². The van der Waals surface area contributed by atoms with Crippen LogP contribution in [0.2, 0.25) is 0 Å². The second-order valence-corrected chi connectivity index (χ2v) is 12.7. The summed E-state index contributed by atoms with van der Waals surface area (Å²) in [6.45, 7) is 3.63. The Morgan fingerprint density at radius 1 is 1.11 bits per heavy atom. The Morgan fingerprint density at radius 2 is 1.82 bits per heavy atom. The average Bonchev–Trinajstić information content (AvgIpc) is 3.62. The highest BCUT2D eigenvalue weighted by atomic mass is 32.2. The molecule has 2 amide bonds. The van der Waals surface area contributed by atoms with Gasteiger partial charge in [0.25, 0.3) is 0 Å². The van der Waals surface area contributed by atoms with Crippen molar-refractivity contribution in [1.82, 2.24) is 25.5 Å². The Labute approximate surface area is 269 Å². The molecule has 238 valence electrons. The van der Waals surface area contributed by atoms with E-state index in [1.54, 1.807) is 36.4 Å². The Kier molecular flexibility index (Phi) is 12.2. The number of nitrogens with one attached hydrogen (secondary N) is 3. The van der Waals surface area contributed by atoms with E-state index in [2.05, 4.69) is 43.7 Å². The number of aromatic nitrogens is 2. The summed E-state index contributed by atoms with van der Waals surface area (Å²) < 4.78 is 4.96. The van der Waals surface area contributed by atoms with E-state index in [4.69, 9.17) is 4.74 Å². The number of ether oxygens (including phenoxy) is 1. The topological polar surface area (TPSA) is 140 Å². The molecule has 0 aliphatic carbocycles. The molecule has 1 unspecified atom stereocenters. The van der Waals surface area contributed by atoms with Gasteiger partial charge in [-0.1, -0.05) is 42.5 Å². The van der Waals surface area contributed by atoms with Gasteiger partial charge in [-0.05, 0) is 61.5 Å². The number of rotatable bonds is 14. The van der Waals surface area contributed by atoms with E-state index in [0.717, 1.165) is 17.7 Å². The number of thioether (sulfide) groups is 1. The largest absolute Gasteiger partial charge is 0.467 e. The lowest BCUT2D eigenvalue weighted by Crippen LogP contribution is -2.55. The first-order chi connectivity index (χ1) is 21.7. The van der Waals surface area contributed by atoms with Crippen LogP contribution in [0.4, 0.5) is 0 Å². The van der Waals surface area contributed by atoms with Crippen molar-refractivity contribution in [2.24, 2.45) is 11.8 Å². The quantitative estimate of drug-likeness (QED) is 0.230. The fourth-order valence-electron chi connectivity index (χ4n) is 5.84. The molecule has 1 saturated heterocycles. The lowest BCUT2D eigenvalue weighted by atomic mass is 9.85. The second kappa shape index (κ2) is 16.3. The molecule has 4 rings (SSSR count). The standard InChI is InChI=1S/C34H42N6O4S/c1-34(30-20-36-23-37-30,18-25-9-11-26(19-35)12-10-25)39-32(42)28-17-27(31(41)38-29(14-16-45-3)33(43)44-2)21-40(22-28)15-13-24-7-5-4-6-8-24/h4-12,20,23,27-29H,13-18,21-22H2,1-3H3,(H,36,37)(H,38,41)(H,39,42)/t27-,28+,29+,34?/m1/s1. The van der Waals surface area contributed by atoms with Crippen LogP contribution in [0.25, 0.3) is 0 Å². The van der Waals surface area contributed by atoms with Crippen LogP contribution in [-0.2, 0) is 37.5 Å². The number of carbonyl (C=O) groups is 3. The summed E-state index contributed by atoms with van der Waals surface area (Å²) in [6, 6.07) is 18.8. The fraction of sp³-hybridized carbons (Fsp3) is 0.441. The third kappa shape index (κ3) is 9.42. The minimum atomic E-state index is -0.820. The summed E-state index contributed by atoms with van der Waals surface area (Å²) in [4.78, 5) is 49.7. The molecule has 0 radical (unpaired) electrons. The number of nitrogens with zero attached hydrogens (tertiary/aromatic N) is 3. The number of H-pyrrole nitrogens is 1. The van der Waals surface area contributed by atoms with Crippen LogP contribution in [-0.4, -0.2) is 77.4 Å². The number of amides is 2. The van der Waals surface area contributed by atoms with Gasteiger partial charge < -0.3 is 25.3 Å². The van der Waals surface area contributed by atoms with E-state index in [-0.39, 0.29) is 11.8 Å². The lowest BCUT2D eigenvalue weighted by Gasteiger charge is -2.39. The van der Waals surface area contributed by atoms with Crippen molar-refractivity contribution in [2.75, 3.05) is 38.8 Å². The number of esters is 1. The number of nitriles is 1. The first kappa shape index (κ1) is 33.7. The van der Waals surface area contributed by atoms with Gasteiger partial charge in [-0.2, -0.15) is 17.0 Å². The number of imidazole rings is 1. The summed E-state index contributed by atoms with van der Waals surface area (Å²) in [5.74, 6) is -1.12. The predicted octanol–water partition coefficient (Wildman–Crippen LogP) is 3.45. The highest BCUT2D eigenvalue weighted by Gasteiger charge is 2.39. The second-order valence-electron chi connectivity index (χ2n) is 11.8. The molecule has 3 aromatic rings. The van der Waals surface area contributed by atoms with E-state index in [0.29, 0.717) is 50.2 Å². The molecule has 1 fully saturated rings. The van der Waals surface area contributed by atoms with Crippen molar-refractivity contribution in [3.63, 3.8) is 0 Å². The van der Waals surface area contributed by atoms with Crippen LogP contribution in [0.5, 0.6) is 0 Å². The first-order valence-electron chi connectivity index (χ1n) is 15.2. The van der Waals surface area contributed by atoms with Gasteiger partial charge in [-0.25, -0.2) is 9.78 Å². The van der Waals surface area contributed by atoms with Gasteiger partial charge in [-0.3, -0.25) is 9.59 Å². The van der Waals surface area contributed by atoms with Crippen LogP contribution in [0, 0.1) is 23.2 Å². The van der Waals surface area contributed by atoms with Gasteiger partial charge >= 0.3 is 5.97 Å². The van der Waals surface area contributed by atoms with E-state index in [1.165, 1.54) is 12.7 Å². The third-order valence-corrected chi connectivity index (χ3v) is 9.02. The monoisotopic (exact) mass is 630 g/mol. The van der Waals surface area contributed by atoms with Crippen LogP contribution in [0.1, 0.15) is 42.1 Å². The summed E-state index contributed by atoms with van der Waals surface area (Å²) in [5.41, 5.74) is 2.63. The third-order valence-electron chi connectivity index (χ3n) is 8.37. The van der Waals surface area contributed by atoms with Crippen molar-refractivity contribution in [3.8, 4) is 6.07 Å². The summed E-state index contributed by atoms with van der Waals surface area (Å²) >= 11 is 1.59. The number of carbonyl (C=O) groups excluding carboxylic acids is 3. The van der Waals surface area contributed by atoms with Crippen LogP contribution in [0.3, 0.4) is 0 Å². The van der Waals surface area contributed by atoms with Crippen LogP contribution < -0.4 is 10.6 Å². The number of benzene rings is 2. The van der Waals surface area contributed by atoms with Gasteiger partial charge in [0, 0.05) is 26.1 Å². The zero-order valence-electron chi connectivity index (χ0n) is 26.1. The molecule has 0 spiro atoms. The normalized spacial score (nSPS) is 18.6. The summed E-state index contributed by atoms with van der Waals surface area (Å²) in [7, 11) is 1.32. The van der Waals surface area contributed by atoms with Gasteiger partial charge in [0.1, 0.15) is 6.04 Å². The number of hydrogen-bond acceptors (Lipinski definition) is 8. The molecule has 45 heavy (non-hydrogen) atoms. The number of methoxy groups -OCH3 is 1. The van der Waals surface area contributed by atoms with E-state index < -0.39 is 29.4 Å². The molecular weight excluding hydrogens is 588 g/mol. The van der Waals surface area contributed by atoms with Crippen molar-refractivity contribution in [3.05, 3.63) is 89.5 Å². The maximum Gasteiger partial charge on any atom is 0.328 e. The smallest absolute Gasteiger partial charge is 0.328 e. The van der Waals surface area contributed by atoms with Gasteiger partial charge in [0.05, 0.1) is 54.3 Å². The highest BCUT2D eigenvalue weighted by Crippen LogP contribution is 2.28. The molecule has 0 saturated carbocycles. The van der Waals surface area contributed by atoms with Gasteiger partial charge in [0.15, 0.2) is 0 Å². The first-order valence-corrected chi connectivity index (χ1v) is 16.6. The average molecular weight is 631 g/mol. The van der Waals surface area contributed by atoms with Crippen molar-refractivity contribution >= 4 is 29.5 Å². The molecule has 11 heteroatoms. The van der Waals surface area contributed by atoms with Crippen molar-refractivity contribution in [2.45, 2.75) is 44.2 Å². The molecule has 10 nitrogen and oxygen atoms in total. The molecular formula is C34H42N6O4S. The molecule has 2 heterocycles. The van der Waals surface area contributed by atoms with E-state index in [9.17, 15) is 19.6 Å². The highest BCUT2D eigenvalue weighted by molar-refractivity contribution is 7.98. The summed E-state index contributed by atoms with van der Waals surface area (Å²) in [6.07, 6.45) is 7.30. The maximum absolute atomic E-state index is 14.1. The zero-order chi connectivity index (χ0) is 32.2. The van der Waals surface area contributed by atoms with Crippen molar-refractivity contribution in [1.29, 1.82) is 5.26 Å². The number of hydrogen-bond donors (Lipinski definition) is 3. The number of aromatic amines is 1. The number of piperidine rings is 1. The fourth-order valence-corrected chi connectivity index (χ4v) is 6.32. The Bertz CT molecular complexity index is 1440. The Hall–Kier alpha value is -4.14. The minimum Gasteiger partial charge on any atom is -0.467 e. The zero-order valence-corrected chi connectivity index (χ0v) is 26.9. The predicted molar refractivity (Wildman–Crippen MR) is 174 cm³/mol. The van der Waals surface area contributed by atoms with Gasteiger partial charge in [-0.15, -0.1) is 0 Å². The molecule has 1 aliphatic rings. The molecule has 4 atom stereocenters. The molecule has 1 aliphatic heterocycles. The minimum absolute atomic E-state index is 0.158. The van der Waals surface area contributed by atoms with Crippen LogP contribution in [0.15, 0.2) is 67.1 Å². The molecule has 2 aromatic carbocycles. The SMILES string of the molecule is COC(=O)[C@H](CCSC)NC(=O)[C@@H]1C[C@H](C(=O)NC(C)(Cc2ccc(C#N)cc2)c2cnc[nH]2)CN(CCc2ccccc2)C1. The maximum atomic E-state index is 14.1. The van der Waals surface area contributed by atoms with Crippen LogP contribution >= 0.6 is 11.8 Å².